The van der Waals surface area contributed by atoms with E-state index >= 15 is 0 Å². The minimum absolute atomic E-state index is 0.307. The van der Waals surface area contributed by atoms with Gasteiger partial charge in [0.2, 0.25) is 0 Å². The van der Waals surface area contributed by atoms with Gasteiger partial charge in [0.25, 0.3) is 0 Å². The van der Waals surface area contributed by atoms with Crippen molar-refractivity contribution in [2.75, 3.05) is 51.2 Å². The molecule has 0 amide bonds. The maximum absolute atomic E-state index is 3.42. The smallest absolute Gasteiger partial charge is 0.0363 e. The van der Waals surface area contributed by atoms with E-state index in [1.165, 1.54) is 25.3 Å². The minimum atomic E-state index is 0.307. The number of nitrogens with zero attached hydrogens (tertiary/aromatic N) is 2. The van der Waals surface area contributed by atoms with E-state index in [-0.39, 0.29) is 0 Å². The first-order valence-electron chi connectivity index (χ1n) is 7.26. The maximum atomic E-state index is 3.42. The average Bonchev–Trinajstić information content (AvgIpc) is 2.39. The summed E-state index contributed by atoms with van der Waals surface area (Å²) in [4.78, 5) is 4.94. The fraction of sp³-hybridized carbons (Fsp3) is 0.625. The van der Waals surface area contributed by atoms with Crippen molar-refractivity contribution < 1.29 is 0 Å². The van der Waals surface area contributed by atoms with Gasteiger partial charge in [0.05, 0.1) is 0 Å². The molecule has 1 aliphatic rings. The molecule has 1 N–H and O–H groups in total. The third kappa shape index (κ3) is 4.51. The van der Waals surface area contributed by atoms with Crippen molar-refractivity contribution in [1.29, 1.82) is 0 Å². The van der Waals surface area contributed by atoms with Gasteiger partial charge in [0.1, 0.15) is 0 Å². The monoisotopic (exact) mass is 261 g/mol. The molecule has 0 aliphatic carbocycles. The van der Waals surface area contributed by atoms with Crippen LogP contribution in [-0.2, 0) is 0 Å². The number of hydrogen-bond acceptors (Lipinski definition) is 3. The van der Waals surface area contributed by atoms with Crippen LogP contribution in [0.1, 0.15) is 13.8 Å². The van der Waals surface area contributed by atoms with E-state index < -0.39 is 0 Å². The molecule has 2 rings (SSSR count). The highest BCUT2D eigenvalue weighted by Crippen LogP contribution is 2.22. The fourth-order valence-corrected chi connectivity index (χ4v) is 2.94. The molecule has 1 heterocycles. The molecule has 0 spiro atoms. The summed E-state index contributed by atoms with van der Waals surface area (Å²) < 4.78 is 0. The predicted molar refractivity (Wildman–Crippen MR) is 82.8 cm³/mol. The summed E-state index contributed by atoms with van der Waals surface area (Å²) in [6.07, 6.45) is 0. The summed E-state index contributed by atoms with van der Waals surface area (Å²) >= 11 is 0. The van der Waals surface area contributed by atoms with Gasteiger partial charge in [-0.15, -0.1) is 0 Å². The van der Waals surface area contributed by atoms with Gasteiger partial charge in [-0.05, 0) is 17.5 Å². The second-order valence-corrected chi connectivity index (χ2v) is 6.38. The van der Waals surface area contributed by atoms with Crippen molar-refractivity contribution in [2.24, 2.45) is 5.41 Å². The van der Waals surface area contributed by atoms with Crippen LogP contribution >= 0.6 is 0 Å². The van der Waals surface area contributed by atoms with Crippen LogP contribution in [0.3, 0.4) is 0 Å². The zero-order valence-corrected chi connectivity index (χ0v) is 12.5. The van der Waals surface area contributed by atoms with E-state index in [9.17, 15) is 0 Å². The van der Waals surface area contributed by atoms with Gasteiger partial charge in [-0.25, -0.2) is 0 Å². The summed E-state index contributed by atoms with van der Waals surface area (Å²) in [5.41, 5.74) is 1.61. The lowest BCUT2D eigenvalue weighted by atomic mass is 9.91. The SMILES string of the molecule is CN(CC(C)(C)CN1CCNCC1)c1ccccc1. The zero-order valence-electron chi connectivity index (χ0n) is 12.5. The van der Waals surface area contributed by atoms with E-state index in [0.29, 0.717) is 5.41 Å². The third-order valence-corrected chi connectivity index (χ3v) is 3.72. The molecule has 1 aromatic rings. The molecule has 0 radical (unpaired) electrons. The molecule has 3 nitrogen and oxygen atoms in total. The highest BCUT2D eigenvalue weighted by Gasteiger charge is 2.24. The first-order chi connectivity index (χ1) is 9.07. The predicted octanol–water partition coefficient (Wildman–Crippen LogP) is 2.05. The quantitative estimate of drug-likeness (QED) is 0.875. The number of nitrogens with one attached hydrogen (secondary N) is 1. The fourth-order valence-electron chi connectivity index (χ4n) is 2.94. The largest absolute Gasteiger partial charge is 0.374 e. The Morgan fingerprint density at radius 2 is 1.79 bits per heavy atom. The van der Waals surface area contributed by atoms with Gasteiger partial charge in [0, 0.05) is 52.0 Å². The molecule has 0 atom stereocenters. The van der Waals surface area contributed by atoms with Crippen LogP contribution in [-0.4, -0.2) is 51.2 Å². The Bertz CT molecular complexity index is 369. The lowest BCUT2D eigenvalue weighted by molar-refractivity contribution is 0.164. The summed E-state index contributed by atoms with van der Waals surface area (Å²) in [5.74, 6) is 0. The molecule has 0 bridgehead atoms. The lowest BCUT2D eigenvalue weighted by Gasteiger charge is -2.38. The maximum Gasteiger partial charge on any atom is 0.0363 e. The van der Waals surface area contributed by atoms with Crippen molar-refractivity contribution in [3.63, 3.8) is 0 Å². The van der Waals surface area contributed by atoms with Crippen LogP contribution < -0.4 is 10.2 Å². The Morgan fingerprint density at radius 3 is 2.42 bits per heavy atom. The molecule has 0 saturated carbocycles. The molecule has 3 heteroatoms. The van der Waals surface area contributed by atoms with E-state index in [1.807, 2.05) is 0 Å². The van der Waals surface area contributed by atoms with Crippen LogP contribution in [0.15, 0.2) is 30.3 Å². The van der Waals surface area contributed by atoms with Crippen LogP contribution in [0.4, 0.5) is 5.69 Å². The van der Waals surface area contributed by atoms with Crippen LogP contribution in [0.25, 0.3) is 0 Å². The molecular weight excluding hydrogens is 234 g/mol. The number of para-hydroxylation sites is 1. The molecule has 19 heavy (non-hydrogen) atoms. The number of benzene rings is 1. The first-order valence-corrected chi connectivity index (χ1v) is 7.26. The third-order valence-electron chi connectivity index (χ3n) is 3.72. The van der Waals surface area contributed by atoms with Gasteiger partial charge in [-0.2, -0.15) is 0 Å². The molecule has 0 aromatic heterocycles. The second-order valence-electron chi connectivity index (χ2n) is 6.38. The topological polar surface area (TPSA) is 18.5 Å². The van der Waals surface area contributed by atoms with Crippen molar-refractivity contribution >= 4 is 5.69 Å². The number of piperazine rings is 1. The molecule has 0 unspecified atom stereocenters. The highest BCUT2D eigenvalue weighted by molar-refractivity contribution is 5.45. The second kappa shape index (κ2) is 6.40. The zero-order chi connectivity index (χ0) is 13.7. The number of anilines is 1. The molecule has 1 saturated heterocycles. The summed E-state index contributed by atoms with van der Waals surface area (Å²) in [6.45, 7) is 11.6. The van der Waals surface area contributed by atoms with Crippen LogP contribution in [0.2, 0.25) is 0 Å². The van der Waals surface area contributed by atoms with Gasteiger partial charge in [-0.1, -0.05) is 32.0 Å². The number of rotatable bonds is 5. The standard InChI is InChI=1S/C16H27N3/c1-16(2,14-19-11-9-17-10-12-19)13-18(3)15-7-5-4-6-8-15/h4-8,17H,9-14H2,1-3H3. The van der Waals surface area contributed by atoms with E-state index in [1.54, 1.807) is 0 Å². The first kappa shape index (κ1) is 14.4. The molecular formula is C16H27N3. The average molecular weight is 261 g/mol. The van der Waals surface area contributed by atoms with Crippen molar-refractivity contribution in [1.82, 2.24) is 10.2 Å². The van der Waals surface area contributed by atoms with E-state index in [4.69, 9.17) is 0 Å². The van der Waals surface area contributed by atoms with E-state index in [0.717, 1.165) is 19.6 Å². The molecule has 1 fully saturated rings. The highest BCUT2D eigenvalue weighted by atomic mass is 15.2. The Labute approximate surface area is 117 Å². The van der Waals surface area contributed by atoms with Gasteiger partial charge in [-0.3, -0.25) is 0 Å². The summed E-state index contributed by atoms with van der Waals surface area (Å²) in [7, 11) is 2.19. The van der Waals surface area contributed by atoms with Crippen molar-refractivity contribution in [2.45, 2.75) is 13.8 Å². The Kier molecular flexibility index (Phi) is 4.83. The van der Waals surface area contributed by atoms with Crippen molar-refractivity contribution in [3.8, 4) is 0 Å². The Hall–Kier alpha value is -1.06. The number of hydrogen-bond donors (Lipinski definition) is 1. The minimum Gasteiger partial charge on any atom is -0.374 e. The van der Waals surface area contributed by atoms with Gasteiger partial charge in [0.15, 0.2) is 0 Å². The normalized spacial score (nSPS) is 17.4. The lowest BCUT2D eigenvalue weighted by Crippen LogP contribution is -2.49. The Morgan fingerprint density at radius 1 is 1.16 bits per heavy atom. The summed E-state index contributed by atoms with van der Waals surface area (Å²) in [6, 6.07) is 10.6. The molecule has 1 aromatic carbocycles. The summed E-state index contributed by atoms with van der Waals surface area (Å²) in [5, 5.41) is 3.42. The Balaban J connectivity index is 1.88. The van der Waals surface area contributed by atoms with Gasteiger partial charge >= 0.3 is 0 Å². The molecule has 1 aliphatic heterocycles. The van der Waals surface area contributed by atoms with Crippen molar-refractivity contribution in [3.05, 3.63) is 30.3 Å². The molecule has 106 valence electrons. The van der Waals surface area contributed by atoms with Crippen LogP contribution in [0, 0.1) is 5.41 Å². The van der Waals surface area contributed by atoms with Gasteiger partial charge < -0.3 is 15.1 Å². The van der Waals surface area contributed by atoms with Crippen LogP contribution in [0.5, 0.6) is 0 Å². The van der Waals surface area contributed by atoms with E-state index in [2.05, 4.69) is 66.3 Å².